The predicted octanol–water partition coefficient (Wildman–Crippen LogP) is 2.67. The molecule has 0 saturated heterocycles. The molecular formula is C9H4BrFN2OS. The molecule has 3 nitrogen and oxygen atoms in total. The van der Waals surface area contributed by atoms with Crippen LogP contribution in [0.15, 0.2) is 28.1 Å². The highest BCUT2D eigenvalue weighted by Gasteiger charge is 2.16. The average molecular weight is 287 g/mol. The number of hydrogen-bond acceptors (Lipinski definition) is 4. The molecule has 1 heterocycles. The van der Waals surface area contributed by atoms with Gasteiger partial charge in [-0.15, -0.1) is 5.10 Å². The van der Waals surface area contributed by atoms with Gasteiger partial charge in [0.25, 0.3) is 0 Å². The van der Waals surface area contributed by atoms with E-state index >= 15 is 0 Å². The minimum absolute atomic E-state index is 0.00271. The molecule has 0 fully saturated rings. The van der Waals surface area contributed by atoms with E-state index in [4.69, 9.17) is 0 Å². The SMILES string of the molecule is O=C(c1csnn1)c1cc(Br)ccc1F. The van der Waals surface area contributed by atoms with Crippen molar-refractivity contribution < 1.29 is 9.18 Å². The molecular weight excluding hydrogens is 283 g/mol. The van der Waals surface area contributed by atoms with Crippen molar-refractivity contribution in [1.29, 1.82) is 0 Å². The molecule has 1 aromatic carbocycles. The van der Waals surface area contributed by atoms with Crippen molar-refractivity contribution in [2.75, 3.05) is 0 Å². The molecule has 0 aliphatic carbocycles. The maximum atomic E-state index is 13.3. The van der Waals surface area contributed by atoms with E-state index in [9.17, 15) is 9.18 Å². The first-order valence-electron chi connectivity index (χ1n) is 3.95. The van der Waals surface area contributed by atoms with Crippen molar-refractivity contribution in [3.05, 3.63) is 45.1 Å². The summed E-state index contributed by atoms with van der Waals surface area (Å²) in [6.07, 6.45) is 0. The molecule has 0 amide bonds. The zero-order valence-corrected chi connectivity index (χ0v) is 9.68. The van der Waals surface area contributed by atoms with E-state index in [1.165, 1.54) is 23.6 Å². The Morgan fingerprint density at radius 3 is 2.93 bits per heavy atom. The summed E-state index contributed by atoms with van der Waals surface area (Å²) in [4.78, 5) is 11.7. The Morgan fingerprint density at radius 2 is 2.27 bits per heavy atom. The highest BCUT2D eigenvalue weighted by atomic mass is 79.9. The lowest BCUT2D eigenvalue weighted by Gasteiger charge is -1.99. The number of benzene rings is 1. The normalized spacial score (nSPS) is 10.3. The van der Waals surface area contributed by atoms with Gasteiger partial charge in [0, 0.05) is 9.85 Å². The summed E-state index contributed by atoms with van der Waals surface area (Å²) in [5.74, 6) is -1.02. The second kappa shape index (κ2) is 4.16. The summed E-state index contributed by atoms with van der Waals surface area (Å²) >= 11 is 4.23. The van der Waals surface area contributed by atoms with Crippen molar-refractivity contribution in [3.8, 4) is 0 Å². The monoisotopic (exact) mass is 286 g/mol. The van der Waals surface area contributed by atoms with Gasteiger partial charge < -0.3 is 0 Å². The number of carbonyl (C=O) groups excluding carboxylic acids is 1. The molecule has 6 heteroatoms. The molecule has 2 aromatic rings. The van der Waals surface area contributed by atoms with Crippen LogP contribution in [0.5, 0.6) is 0 Å². The molecule has 0 N–H and O–H groups in total. The zero-order valence-electron chi connectivity index (χ0n) is 7.28. The van der Waals surface area contributed by atoms with Gasteiger partial charge in [0.05, 0.1) is 5.56 Å². The zero-order chi connectivity index (χ0) is 10.8. The Labute approximate surface area is 97.2 Å². The molecule has 0 spiro atoms. The second-order valence-electron chi connectivity index (χ2n) is 2.74. The molecule has 76 valence electrons. The van der Waals surface area contributed by atoms with Gasteiger partial charge in [-0.2, -0.15) is 0 Å². The Hall–Kier alpha value is -1.14. The fraction of sp³-hybridized carbons (Fsp3) is 0. The average Bonchev–Trinajstić information content (AvgIpc) is 2.74. The van der Waals surface area contributed by atoms with E-state index in [1.54, 1.807) is 0 Å². The van der Waals surface area contributed by atoms with Gasteiger partial charge >= 0.3 is 0 Å². The molecule has 0 atom stereocenters. The standard InChI is InChI=1S/C9H4BrFN2OS/c10-5-1-2-7(11)6(3-5)9(14)8-4-15-13-12-8/h1-4H. The largest absolute Gasteiger partial charge is 0.287 e. The summed E-state index contributed by atoms with van der Waals surface area (Å²) in [5.41, 5.74) is 0.161. The van der Waals surface area contributed by atoms with Crippen LogP contribution in [-0.4, -0.2) is 15.4 Å². The number of carbonyl (C=O) groups is 1. The summed E-state index contributed by atoms with van der Waals surface area (Å²) in [5, 5.41) is 5.09. The van der Waals surface area contributed by atoms with Crippen LogP contribution in [0.25, 0.3) is 0 Å². The van der Waals surface area contributed by atoms with Crippen LogP contribution < -0.4 is 0 Å². The first kappa shape index (κ1) is 10.4. The number of halogens is 2. The topological polar surface area (TPSA) is 42.9 Å². The van der Waals surface area contributed by atoms with Crippen LogP contribution in [0.3, 0.4) is 0 Å². The van der Waals surface area contributed by atoms with Gasteiger partial charge in [-0.05, 0) is 29.7 Å². The lowest BCUT2D eigenvalue weighted by Crippen LogP contribution is -2.04. The molecule has 2 rings (SSSR count). The molecule has 0 unspecified atom stereocenters. The smallest absolute Gasteiger partial charge is 0.217 e. The van der Waals surface area contributed by atoms with E-state index < -0.39 is 11.6 Å². The van der Waals surface area contributed by atoms with E-state index in [0.29, 0.717) is 4.47 Å². The van der Waals surface area contributed by atoms with Gasteiger partial charge in [0.1, 0.15) is 11.5 Å². The third kappa shape index (κ3) is 2.10. The minimum atomic E-state index is -0.559. The number of ketones is 1. The van der Waals surface area contributed by atoms with Crippen LogP contribution >= 0.6 is 27.5 Å². The van der Waals surface area contributed by atoms with E-state index in [2.05, 4.69) is 25.5 Å². The highest BCUT2D eigenvalue weighted by molar-refractivity contribution is 9.10. The lowest BCUT2D eigenvalue weighted by molar-refractivity contribution is 0.103. The summed E-state index contributed by atoms with van der Waals surface area (Å²) in [6, 6.07) is 4.19. The quantitative estimate of drug-likeness (QED) is 0.797. The fourth-order valence-corrected chi connectivity index (χ4v) is 1.87. The molecule has 0 aliphatic heterocycles. The number of rotatable bonds is 2. The van der Waals surface area contributed by atoms with E-state index in [-0.39, 0.29) is 11.3 Å². The molecule has 15 heavy (non-hydrogen) atoms. The molecule has 0 aliphatic rings. The van der Waals surface area contributed by atoms with E-state index in [1.807, 2.05) is 0 Å². The molecule has 0 bridgehead atoms. The van der Waals surface area contributed by atoms with Gasteiger partial charge in [0.2, 0.25) is 5.78 Å². The summed E-state index contributed by atoms with van der Waals surface area (Å²) in [7, 11) is 0. The van der Waals surface area contributed by atoms with Crippen LogP contribution in [0.4, 0.5) is 4.39 Å². The third-order valence-corrected chi connectivity index (χ3v) is 2.76. The van der Waals surface area contributed by atoms with E-state index in [0.717, 1.165) is 11.5 Å². The Bertz CT molecular complexity index is 501. The number of nitrogens with zero attached hydrogens (tertiary/aromatic N) is 2. The van der Waals surface area contributed by atoms with Crippen molar-refractivity contribution >= 4 is 33.2 Å². The van der Waals surface area contributed by atoms with Gasteiger partial charge in [0.15, 0.2) is 0 Å². The fourth-order valence-electron chi connectivity index (χ4n) is 1.07. The van der Waals surface area contributed by atoms with Gasteiger partial charge in [-0.25, -0.2) is 4.39 Å². The molecule has 1 aromatic heterocycles. The van der Waals surface area contributed by atoms with Crippen LogP contribution in [0.2, 0.25) is 0 Å². The molecule has 0 radical (unpaired) electrons. The summed E-state index contributed by atoms with van der Waals surface area (Å²) < 4.78 is 17.5. The van der Waals surface area contributed by atoms with Crippen LogP contribution in [0, 0.1) is 5.82 Å². The Kier molecular flexibility index (Phi) is 2.88. The minimum Gasteiger partial charge on any atom is -0.287 e. The maximum Gasteiger partial charge on any atom is 0.217 e. The lowest BCUT2D eigenvalue weighted by atomic mass is 10.1. The first-order valence-corrected chi connectivity index (χ1v) is 5.58. The predicted molar refractivity (Wildman–Crippen MR) is 57.4 cm³/mol. The highest BCUT2D eigenvalue weighted by Crippen LogP contribution is 2.18. The second-order valence-corrected chi connectivity index (χ2v) is 4.27. The number of aromatic nitrogens is 2. The maximum absolute atomic E-state index is 13.3. The summed E-state index contributed by atoms with van der Waals surface area (Å²) in [6.45, 7) is 0. The van der Waals surface area contributed by atoms with Gasteiger partial charge in [-0.3, -0.25) is 4.79 Å². The van der Waals surface area contributed by atoms with Crippen molar-refractivity contribution in [2.45, 2.75) is 0 Å². The third-order valence-electron chi connectivity index (χ3n) is 1.77. The number of hydrogen-bond donors (Lipinski definition) is 0. The first-order chi connectivity index (χ1) is 7.18. The Morgan fingerprint density at radius 1 is 1.47 bits per heavy atom. The Balaban J connectivity index is 2.46. The van der Waals surface area contributed by atoms with Crippen LogP contribution in [-0.2, 0) is 0 Å². The van der Waals surface area contributed by atoms with Gasteiger partial charge in [-0.1, -0.05) is 20.4 Å². The van der Waals surface area contributed by atoms with Crippen molar-refractivity contribution in [2.24, 2.45) is 0 Å². The van der Waals surface area contributed by atoms with Crippen molar-refractivity contribution in [1.82, 2.24) is 9.59 Å². The van der Waals surface area contributed by atoms with Crippen LogP contribution in [0.1, 0.15) is 16.1 Å². The van der Waals surface area contributed by atoms with Crippen molar-refractivity contribution in [3.63, 3.8) is 0 Å². The molecule has 0 saturated carbocycles.